The molecule has 2 aromatic rings. The number of nitrogens with two attached hydrogens (primary N) is 1. The fourth-order valence-corrected chi connectivity index (χ4v) is 2.31. The predicted molar refractivity (Wildman–Crippen MR) is 74.2 cm³/mol. The molecule has 0 atom stereocenters. The molecule has 2 rings (SSSR count). The van der Waals surface area contributed by atoms with Crippen LogP contribution in [-0.4, -0.2) is 22.9 Å². The van der Waals surface area contributed by atoms with Crippen LogP contribution in [0.15, 0.2) is 23.7 Å². The number of rotatable bonds is 4. The summed E-state index contributed by atoms with van der Waals surface area (Å²) in [6.07, 6.45) is 1.70. The highest BCUT2D eigenvalue weighted by molar-refractivity contribution is 7.09. The van der Waals surface area contributed by atoms with Gasteiger partial charge in [-0.05, 0) is 19.1 Å². The van der Waals surface area contributed by atoms with Crippen LogP contribution in [0.25, 0.3) is 0 Å². The molecule has 0 unspecified atom stereocenters. The molecule has 2 heterocycles. The van der Waals surface area contributed by atoms with Gasteiger partial charge in [0.25, 0.3) is 0 Å². The Morgan fingerprint density at radius 1 is 1.56 bits per heavy atom. The Morgan fingerprint density at radius 2 is 2.33 bits per heavy atom. The van der Waals surface area contributed by atoms with Crippen molar-refractivity contribution in [3.63, 3.8) is 0 Å². The second kappa shape index (κ2) is 5.14. The van der Waals surface area contributed by atoms with E-state index in [0.29, 0.717) is 17.9 Å². The lowest BCUT2D eigenvalue weighted by atomic mass is 10.2. The van der Waals surface area contributed by atoms with Gasteiger partial charge in [-0.3, -0.25) is 5.41 Å². The van der Waals surface area contributed by atoms with Crippen LogP contribution in [-0.2, 0) is 6.54 Å². The molecule has 0 aliphatic heterocycles. The number of hydrogen-bond acceptors (Lipinski definition) is 5. The van der Waals surface area contributed by atoms with Gasteiger partial charge in [-0.1, -0.05) is 0 Å². The highest BCUT2D eigenvalue weighted by Crippen LogP contribution is 2.18. The largest absolute Gasteiger partial charge is 0.384 e. The van der Waals surface area contributed by atoms with Crippen molar-refractivity contribution in [1.82, 2.24) is 9.97 Å². The zero-order chi connectivity index (χ0) is 13.1. The van der Waals surface area contributed by atoms with Gasteiger partial charge in [0, 0.05) is 18.6 Å². The van der Waals surface area contributed by atoms with E-state index in [2.05, 4.69) is 9.97 Å². The van der Waals surface area contributed by atoms with Crippen LogP contribution in [0.5, 0.6) is 0 Å². The number of aryl methyl sites for hydroxylation is 1. The number of aromatic nitrogens is 2. The van der Waals surface area contributed by atoms with E-state index in [4.69, 9.17) is 11.1 Å². The molecule has 0 saturated carbocycles. The number of amidine groups is 1. The molecular formula is C12H15N5S. The molecule has 0 amide bonds. The Hall–Kier alpha value is -1.95. The third-order valence-corrected chi connectivity index (χ3v) is 3.33. The van der Waals surface area contributed by atoms with Crippen molar-refractivity contribution < 1.29 is 0 Å². The molecule has 3 N–H and O–H groups in total. The molecule has 0 fully saturated rings. The van der Waals surface area contributed by atoms with Gasteiger partial charge in [0.1, 0.15) is 11.7 Å². The number of anilines is 1. The number of nitrogens with one attached hydrogen (secondary N) is 1. The Morgan fingerprint density at radius 3 is 2.94 bits per heavy atom. The average Bonchev–Trinajstić information content (AvgIpc) is 2.74. The molecule has 5 nitrogen and oxygen atoms in total. The number of nitrogen functional groups attached to an aromatic ring is 1. The monoisotopic (exact) mass is 261 g/mol. The maximum absolute atomic E-state index is 7.55. The van der Waals surface area contributed by atoms with Crippen LogP contribution in [0.4, 0.5) is 5.82 Å². The van der Waals surface area contributed by atoms with Crippen LogP contribution in [0.3, 0.4) is 0 Å². The fraction of sp³-hybridized carbons (Fsp3) is 0.250. The Kier molecular flexibility index (Phi) is 3.57. The maximum atomic E-state index is 7.55. The van der Waals surface area contributed by atoms with Crippen LogP contribution in [0.2, 0.25) is 0 Å². The summed E-state index contributed by atoms with van der Waals surface area (Å²) in [4.78, 5) is 10.6. The number of thiazole rings is 1. The Labute approximate surface area is 110 Å². The second-order valence-corrected chi connectivity index (χ2v) is 5.06. The van der Waals surface area contributed by atoms with Crippen molar-refractivity contribution in [2.45, 2.75) is 13.5 Å². The summed E-state index contributed by atoms with van der Waals surface area (Å²) < 4.78 is 0. The van der Waals surface area contributed by atoms with Crippen LogP contribution >= 0.6 is 11.3 Å². The van der Waals surface area contributed by atoms with Gasteiger partial charge in [-0.25, -0.2) is 9.97 Å². The van der Waals surface area contributed by atoms with E-state index in [1.165, 1.54) is 0 Å². The minimum atomic E-state index is 0.0272. The third kappa shape index (κ3) is 2.65. The molecule has 6 heteroatoms. The van der Waals surface area contributed by atoms with Gasteiger partial charge in [0.05, 0.1) is 22.8 Å². The molecule has 0 aromatic carbocycles. The fourth-order valence-electron chi connectivity index (χ4n) is 1.71. The highest BCUT2D eigenvalue weighted by Gasteiger charge is 2.12. The first kappa shape index (κ1) is 12.5. The zero-order valence-electron chi connectivity index (χ0n) is 10.3. The van der Waals surface area contributed by atoms with Crippen molar-refractivity contribution >= 4 is 23.0 Å². The lowest BCUT2D eigenvalue weighted by Crippen LogP contribution is -2.23. The molecule has 18 heavy (non-hydrogen) atoms. The van der Waals surface area contributed by atoms with Crippen LogP contribution in [0, 0.1) is 12.3 Å². The standard InChI is InChI=1S/C12H15N5S/c1-8-16-9(7-18-8)6-17(2)12-10(11(13)14)4-3-5-15-12/h3-5,7H,6H2,1-2H3,(H3,13,14). The second-order valence-electron chi connectivity index (χ2n) is 4.00. The maximum Gasteiger partial charge on any atom is 0.139 e. The molecule has 0 aliphatic carbocycles. The molecule has 0 aliphatic rings. The minimum absolute atomic E-state index is 0.0272. The van der Waals surface area contributed by atoms with Crippen molar-refractivity contribution in [2.24, 2.45) is 5.73 Å². The SMILES string of the molecule is Cc1nc(CN(C)c2ncccc2C(=N)N)cs1. The number of hydrogen-bond donors (Lipinski definition) is 2. The molecule has 0 bridgehead atoms. The molecule has 0 spiro atoms. The third-order valence-electron chi connectivity index (χ3n) is 2.50. The Bertz CT molecular complexity index is 563. The smallest absolute Gasteiger partial charge is 0.139 e. The quantitative estimate of drug-likeness (QED) is 0.649. The first-order chi connectivity index (χ1) is 8.58. The molecule has 94 valence electrons. The summed E-state index contributed by atoms with van der Waals surface area (Å²) >= 11 is 1.63. The van der Waals surface area contributed by atoms with E-state index < -0.39 is 0 Å². The predicted octanol–water partition coefficient (Wildman–Crippen LogP) is 1.77. The summed E-state index contributed by atoms with van der Waals surface area (Å²) in [5, 5.41) is 10.6. The van der Waals surface area contributed by atoms with Crippen molar-refractivity contribution in [1.29, 1.82) is 5.41 Å². The van der Waals surface area contributed by atoms with Crippen molar-refractivity contribution in [3.05, 3.63) is 40.0 Å². The van der Waals surface area contributed by atoms with Gasteiger partial charge in [-0.15, -0.1) is 11.3 Å². The van der Waals surface area contributed by atoms with Crippen LogP contribution < -0.4 is 10.6 Å². The van der Waals surface area contributed by atoms with Gasteiger partial charge in [-0.2, -0.15) is 0 Å². The van der Waals surface area contributed by atoms with Crippen molar-refractivity contribution in [3.8, 4) is 0 Å². The highest BCUT2D eigenvalue weighted by atomic mass is 32.1. The summed E-state index contributed by atoms with van der Waals surface area (Å²) in [7, 11) is 1.92. The van der Waals surface area contributed by atoms with Gasteiger partial charge < -0.3 is 10.6 Å². The Balaban J connectivity index is 2.23. The molecular weight excluding hydrogens is 246 g/mol. The molecule has 2 aromatic heterocycles. The zero-order valence-corrected chi connectivity index (χ0v) is 11.2. The summed E-state index contributed by atoms with van der Waals surface area (Å²) in [6.45, 7) is 2.64. The van der Waals surface area contributed by atoms with E-state index >= 15 is 0 Å². The minimum Gasteiger partial charge on any atom is -0.384 e. The summed E-state index contributed by atoms with van der Waals surface area (Å²) in [6, 6.07) is 3.58. The summed E-state index contributed by atoms with van der Waals surface area (Å²) in [5.41, 5.74) is 7.20. The first-order valence-electron chi connectivity index (χ1n) is 5.49. The lowest BCUT2D eigenvalue weighted by Gasteiger charge is -2.19. The number of pyridine rings is 1. The van der Waals surface area contributed by atoms with E-state index in [1.54, 1.807) is 29.7 Å². The first-order valence-corrected chi connectivity index (χ1v) is 6.37. The van der Waals surface area contributed by atoms with Crippen LogP contribution in [0.1, 0.15) is 16.3 Å². The van der Waals surface area contributed by atoms with E-state index in [0.717, 1.165) is 10.7 Å². The number of nitrogens with zero attached hydrogens (tertiary/aromatic N) is 3. The summed E-state index contributed by atoms with van der Waals surface area (Å²) in [5.74, 6) is 0.732. The van der Waals surface area contributed by atoms with E-state index in [1.807, 2.05) is 24.3 Å². The molecule has 0 radical (unpaired) electrons. The topological polar surface area (TPSA) is 78.9 Å². The van der Waals surface area contributed by atoms with E-state index in [9.17, 15) is 0 Å². The average molecular weight is 261 g/mol. The molecule has 0 saturated heterocycles. The van der Waals surface area contributed by atoms with E-state index in [-0.39, 0.29) is 5.84 Å². The van der Waals surface area contributed by atoms with Gasteiger partial charge in [0.2, 0.25) is 0 Å². The lowest BCUT2D eigenvalue weighted by molar-refractivity contribution is 0.868. The van der Waals surface area contributed by atoms with Crippen molar-refractivity contribution in [2.75, 3.05) is 11.9 Å². The normalized spacial score (nSPS) is 10.3. The van der Waals surface area contributed by atoms with Gasteiger partial charge >= 0.3 is 0 Å². The van der Waals surface area contributed by atoms with Gasteiger partial charge in [0.15, 0.2) is 0 Å².